The number of anilines is 2. The van der Waals surface area contributed by atoms with Crippen LogP contribution in [0.4, 0.5) is 16.2 Å². The Balaban J connectivity index is 1.59. The molecule has 204 valence electrons. The Morgan fingerprint density at radius 2 is 1.67 bits per heavy atom. The second-order valence-electron chi connectivity index (χ2n) is 9.92. The number of hydrogen-bond acceptors (Lipinski definition) is 7. The quantitative estimate of drug-likeness (QED) is 0.217. The van der Waals surface area contributed by atoms with Gasteiger partial charge in [0.15, 0.2) is 0 Å². The molecule has 1 aromatic heterocycles. The van der Waals surface area contributed by atoms with Crippen molar-refractivity contribution in [1.29, 1.82) is 0 Å². The Hall–Kier alpha value is -3.73. The zero-order valence-corrected chi connectivity index (χ0v) is 23.9. The van der Waals surface area contributed by atoms with Gasteiger partial charge in [0.2, 0.25) is 10.0 Å². The van der Waals surface area contributed by atoms with E-state index in [-0.39, 0.29) is 11.5 Å². The number of aromatic nitrogens is 1. The molecule has 0 unspecified atom stereocenters. The average molecular weight is 565 g/mol. The SMILES string of the molecule is CNc1ccc(-c2ncc(-c3ccc(NC(=O)OCCc4ccccc4)cc3S(=O)(=O)NC(C)(C)C)s2)cc1. The molecule has 0 aliphatic rings. The maximum Gasteiger partial charge on any atom is 0.411 e. The first-order valence-corrected chi connectivity index (χ1v) is 14.7. The third-order valence-electron chi connectivity index (χ3n) is 5.62. The van der Waals surface area contributed by atoms with Gasteiger partial charge >= 0.3 is 6.09 Å². The Kier molecular flexibility index (Phi) is 8.69. The van der Waals surface area contributed by atoms with E-state index in [0.29, 0.717) is 22.5 Å². The summed E-state index contributed by atoms with van der Waals surface area (Å²) in [6.45, 7) is 5.52. The van der Waals surface area contributed by atoms with Crippen molar-refractivity contribution in [3.8, 4) is 21.0 Å². The standard InChI is InChI=1S/C29H32N4O4S2/c1-29(2,3)33-39(35,36)26-18-23(32-28(34)37-17-16-20-8-6-5-7-9-20)14-15-24(26)25-19-31-27(38-25)21-10-12-22(30-4)13-11-21/h5-15,18-19,30,33H,16-17H2,1-4H3,(H,32,34). The van der Waals surface area contributed by atoms with Crippen molar-refractivity contribution >= 4 is 38.8 Å². The summed E-state index contributed by atoms with van der Waals surface area (Å²) in [4.78, 5) is 17.7. The van der Waals surface area contributed by atoms with Crippen LogP contribution >= 0.6 is 11.3 Å². The van der Waals surface area contributed by atoms with E-state index in [0.717, 1.165) is 21.8 Å². The fourth-order valence-electron chi connectivity index (χ4n) is 3.86. The van der Waals surface area contributed by atoms with Crippen molar-refractivity contribution < 1.29 is 17.9 Å². The van der Waals surface area contributed by atoms with Crippen LogP contribution in [0.25, 0.3) is 21.0 Å². The number of carbonyl (C=O) groups is 1. The van der Waals surface area contributed by atoms with Crippen molar-refractivity contribution in [2.24, 2.45) is 0 Å². The fraction of sp³-hybridized carbons (Fsp3) is 0.241. The number of amides is 1. The van der Waals surface area contributed by atoms with Gasteiger partial charge in [0, 0.05) is 47.7 Å². The van der Waals surface area contributed by atoms with Gasteiger partial charge in [-0.15, -0.1) is 11.3 Å². The number of rotatable bonds is 9. The number of hydrogen-bond donors (Lipinski definition) is 3. The Morgan fingerprint density at radius 1 is 0.974 bits per heavy atom. The summed E-state index contributed by atoms with van der Waals surface area (Å²) in [6, 6.07) is 22.3. The van der Waals surface area contributed by atoms with Crippen LogP contribution in [0.2, 0.25) is 0 Å². The smallest absolute Gasteiger partial charge is 0.411 e. The van der Waals surface area contributed by atoms with E-state index in [9.17, 15) is 13.2 Å². The number of thiazole rings is 1. The van der Waals surface area contributed by atoms with Crippen LogP contribution in [-0.4, -0.2) is 38.7 Å². The lowest BCUT2D eigenvalue weighted by atomic mass is 10.1. The minimum absolute atomic E-state index is 0.0419. The molecule has 4 rings (SSSR count). The van der Waals surface area contributed by atoms with E-state index in [1.165, 1.54) is 17.4 Å². The molecule has 0 aliphatic heterocycles. The first-order chi connectivity index (χ1) is 18.5. The molecule has 0 saturated heterocycles. The largest absolute Gasteiger partial charge is 0.449 e. The predicted molar refractivity (Wildman–Crippen MR) is 158 cm³/mol. The molecular weight excluding hydrogens is 532 g/mol. The van der Waals surface area contributed by atoms with Crippen LogP contribution in [0.3, 0.4) is 0 Å². The van der Waals surface area contributed by atoms with Crippen LogP contribution in [-0.2, 0) is 21.2 Å². The van der Waals surface area contributed by atoms with Gasteiger partial charge < -0.3 is 10.1 Å². The number of nitrogens with zero attached hydrogens (tertiary/aromatic N) is 1. The number of benzene rings is 3. The van der Waals surface area contributed by atoms with E-state index in [2.05, 4.69) is 20.3 Å². The minimum atomic E-state index is -3.94. The molecule has 0 fully saturated rings. The molecule has 0 aliphatic carbocycles. The Morgan fingerprint density at radius 3 is 2.33 bits per heavy atom. The molecule has 10 heteroatoms. The second kappa shape index (κ2) is 12.0. The zero-order valence-electron chi connectivity index (χ0n) is 22.3. The summed E-state index contributed by atoms with van der Waals surface area (Å²) in [7, 11) is -2.09. The third kappa shape index (κ3) is 7.66. The molecule has 0 atom stereocenters. The molecule has 4 aromatic rings. The van der Waals surface area contributed by atoms with Crippen LogP contribution in [0.1, 0.15) is 26.3 Å². The monoisotopic (exact) mass is 564 g/mol. The Bertz CT molecular complexity index is 1530. The Labute approximate surface area is 233 Å². The van der Waals surface area contributed by atoms with Gasteiger partial charge in [0.25, 0.3) is 0 Å². The van der Waals surface area contributed by atoms with Crippen LogP contribution in [0.15, 0.2) is 83.9 Å². The molecule has 0 bridgehead atoms. The van der Waals surface area contributed by atoms with Crippen LogP contribution in [0.5, 0.6) is 0 Å². The zero-order chi connectivity index (χ0) is 28.0. The lowest BCUT2D eigenvalue weighted by Gasteiger charge is -2.22. The lowest BCUT2D eigenvalue weighted by Crippen LogP contribution is -2.40. The summed E-state index contributed by atoms with van der Waals surface area (Å²) in [5, 5.41) is 6.51. The lowest BCUT2D eigenvalue weighted by molar-refractivity contribution is 0.163. The molecule has 0 saturated carbocycles. The van der Waals surface area contributed by atoms with Crippen molar-refractivity contribution in [3.63, 3.8) is 0 Å². The number of nitrogens with one attached hydrogen (secondary N) is 3. The predicted octanol–water partition coefficient (Wildman–Crippen LogP) is 6.39. The maximum atomic E-state index is 13.5. The minimum Gasteiger partial charge on any atom is -0.449 e. The van der Waals surface area contributed by atoms with E-state index in [4.69, 9.17) is 4.74 Å². The van der Waals surface area contributed by atoms with Crippen molar-refractivity contribution in [1.82, 2.24) is 9.71 Å². The third-order valence-corrected chi connectivity index (χ3v) is 8.49. The highest BCUT2D eigenvalue weighted by Crippen LogP contribution is 2.37. The molecule has 0 radical (unpaired) electrons. The molecule has 1 heterocycles. The van der Waals surface area contributed by atoms with E-state index < -0.39 is 21.7 Å². The maximum absolute atomic E-state index is 13.5. The molecule has 39 heavy (non-hydrogen) atoms. The molecule has 0 spiro atoms. The van der Waals surface area contributed by atoms with Crippen molar-refractivity contribution in [2.75, 3.05) is 24.3 Å². The van der Waals surface area contributed by atoms with Gasteiger partial charge in [-0.05, 0) is 62.7 Å². The summed E-state index contributed by atoms with van der Waals surface area (Å²) in [5.41, 5.74) is 3.07. The van der Waals surface area contributed by atoms with E-state index in [1.54, 1.807) is 39.1 Å². The van der Waals surface area contributed by atoms with Gasteiger partial charge in [-0.25, -0.2) is 22.9 Å². The number of carbonyl (C=O) groups excluding carboxylic acids is 1. The van der Waals surface area contributed by atoms with E-state index >= 15 is 0 Å². The summed E-state index contributed by atoms with van der Waals surface area (Å²) in [5.74, 6) is 0. The molecule has 3 N–H and O–H groups in total. The van der Waals surface area contributed by atoms with Gasteiger partial charge in [0.05, 0.1) is 16.4 Å². The highest BCUT2D eigenvalue weighted by molar-refractivity contribution is 7.89. The molecular formula is C29H32N4O4S2. The van der Waals surface area contributed by atoms with Gasteiger partial charge in [0.1, 0.15) is 5.01 Å². The first-order valence-electron chi connectivity index (χ1n) is 12.4. The number of ether oxygens (including phenoxy) is 1. The normalized spacial score (nSPS) is 11.7. The first kappa shape index (κ1) is 28.3. The van der Waals surface area contributed by atoms with Crippen LogP contribution in [0, 0.1) is 0 Å². The van der Waals surface area contributed by atoms with Gasteiger partial charge in [-0.1, -0.05) is 36.4 Å². The van der Waals surface area contributed by atoms with Crippen molar-refractivity contribution in [3.05, 3.63) is 84.6 Å². The van der Waals surface area contributed by atoms with Gasteiger partial charge in [-0.3, -0.25) is 5.32 Å². The summed E-state index contributed by atoms with van der Waals surface area (Å²) in [6.07, 6.45) is 1.59. The molecule has 3 aromatic carbocycles. The molecule has 1 amide bonds. The number of sulfonamides is 1. The summed E-state index contributed by atoms with van der Waals surface area (Å²) < 4.78 is 35.0. The van der Waals surface area contributed by atoms with E-state index in [1.807, 2.05) is 61.6 Å². The molecule has 8 nitrogen and oxygen atoms in total. The average Bonchev–Trinajstić information content (AvgIpc) is 3.38. The summed E-state index contributed by atoms with van der Waals surface area (Å²) >= 11 is 1.39. The van der Waals surface area contributed by atoms with Gasteiger partial charge in [-0.2, -0.15) is 0 Å². The highest BCUT2D eigenvalue weighted by atomic mass is 32.2. The topological polar surface area (TPSA) is 109 Å². The van der Waals surface area contributed by atoms with Crippen molar-refractivity contribution in [2.45, 2.75) is 37.6 Å². The van der Waals surface area contributed by atoms with Crippen LogP contribution < -0.4 is 15.4 Å². The fourth-order valence-corrected chi connectivity index (χ4v) is 6.55. The second-order valence-corrected chi connectivity index (χ2v) is 12.6. The highest BCUT2D eigenvalue weighted by Gasteiger charge is 2.26.